The number of pyridine rings is 1. The maximum absolute atomic E-state index is 5.82. The van der Waals surface area contributed by atoms with Gasteiger partial charge in [0.1, 0.15) is 5.82 Å². The summed E-state index contributed by atoms with van der Waals surface area (Å²) in [4.78, 5) is 4.20. The molecule has 1 saturated heterocycles. The van der Waals surface area contributed by atoms with Crippen molar-refractivity contribution >= 4 is 34.9 Å². The summed E-state index contributed by atoms with van der Waals surface area (Å²) in [5.74, 6) is 3.19. The Kier molecular flexibility index (Phi) is 3.59. The molecule has 2 rings (SSSR count). The van der Waals surface area contributed by atoms with Crippen molar-refractivity contribution in [1.82, 2.24) is 4.98 Å². The van der Waals surface area contributed by atoms with Gasteiger partial charge in [0.05, 0.1) is 10.7 Å². The topological polar surface area (TPSA) is 50.9 Å². The zero-order valence-corrected chi connectivity index (χ0v) is 9.94. The largest absolute Gasteiger partial charge is 0.396 e. The fourth-order valence-corrected chi connectivity index (χ4v) is 2.88. The molecule has 1 fully saturated rings. The van der Waals surface area contributed by atoms with E-state index in [4.69, 9.17) is 17.3 Å². The van der Waals surface area contributed by atoms with Gasteiger partial charge in [0.15, 0.2) is 0 Å². The van der Waals surface area contributed by atoms with E-state index in [-0.39, 0.29) is 0 Å². The molecule has 0 unspecified atom stereocenters. The average molecular weight is 244 g/mol. The van der Waals surface area contributed by atoms with Gasteiger partial charge in [-0.1, -0.05) is 11.6 Å². The molecule has 0 bridgehead atoms. The van der Waals surface area contributed by atoms with Crippen LogP contribution in [0.25, 0.3) is 0 Å². The molecule has 0 spiro atoms. The van der Waals surface area contributed by atoms with Gasteiger partial charge in [-0.2, -0.15) is 11.8 Å². The third kappa shape index (κ3) is 2.92. The van der Waals surface area contributed by atoms with Crippen molar-refractivity contribution in [3.05, 3.63) is 17.3 Å². The standard InChI is InChI=1S/C10H14ClN3S/c11-7-5-9(12)10(13-6-7)14-8-1-3-15-4-2-8/h5-6,8H,1-4,12H2,(H,13,14). The predicted octanol–water partition coefficient (Wildman–Crippen LogP) is 2.62. The first-order valence-electron chi connectivity index (χ1n) is 5.01. The van der Waals surface area contributed by atoms with Crippen LogP contribution < -0.4 is 11.1 Å². The summed E-state index contributed by atoms with van der Waals surface area (Å²) in [5, 5.41) is 3.95. The first kappa shape index (κ1) is 10.9. The van der Waals surface area contributed by atoms with E-state index in [0.29, 0.717) is 16.8 Å². The number of nitrogens with two attached hydrogens (primary N) is 1. The number of nitrogens with zero attached hydrogens (tertiary/aromatic N) is 1. The fraction of sp³-hybridized carbons (Fsp3) is 0.500. The molecular formula is C10H14ClN3S. The highest BCUT2D eigenvalue weighted by Gasteiger charge is 2.14. The van der Waals surface area contributed by atoms with Crippen molar-refractivity contribution in [2.75, 3.05) is 22.6 Å². The molecule has 1 aliphatic rings. The molecule has 0 saturated carbocycles. The van der Waals surface area contributed by atoms with Crippen LogP contribution in [-0.4, -0.2) is 22.5 Å². The van der Waals surface area contributed by atoms with Gasteiger partial charge in [0, 0.05) is 12.2 Å². The van der Waals surface area contributed by atoms with Gasteiger partial charge in [0.2, 0.25) is 0 Å². The molecular weight excluding hydrogens is 230 g/mol. The van der Waals surface area contributed by atoms with Crippen molar-refractivity contribution in [1.29, 1.82) is 0 Å². The van der Waals surface area contributed by atoms with Gasteiger partial charge in [0.25, 0.3) is 0 Å². The number of nitrogens with one attached hydrogen (secondary N) is 1. The van der Waals surface area contributed by atoms with Gasteiger partial charge in [-0.15, -0.1) is 0 Å². The van der Waals surface area contributed by atoms with Gasteiger partial charge in [-0.25, -0.2) is 4.98 Å². The molecule has 0 amide bonds. The zero-order chi connectivity index (χ0) is 10.7. The van der Waals surface area contributed by atoms with E-state index >= 15 is 0 Å². The van der Waals surface area contributed by atoms with Crippen LogP contribution in [0.4, 0.5) is 11.5 Å². The summed E-state index contributed by atoms with van der Waals surface area (Å²) in [6.45, 7) is 0. The van der Waals surface area contributed by atoms with E-state index in [1.54, 1.807) is 12.3 Å². The Morgan fingerprint density at radius 1 is 1.47 bits per heavy atom. The van der Waals surface area contributed by atoms with Gasteiger partial charge < -0.3 is 11.1 Å². The lowest BCUT2D eigenvalue weighted by Gasteiger charge is -2.23. The molecule has 0 radical (unpaired) electrons. The number of halogens is 1. The molecule has 1 aromatic rings. The van der Waals surface area contributed by atoms with Crippen LogP contribution >= 0.6 is 23.4 Å². The fourth-order valence-electron chi connectivity index (χ4n) is 1.61. The lowest BCUT2D eigenvalue weighted by Crippen LogP contribution is -2.25. The minimum absolute atomic E-state index is 0.502. The Morgan fingerprint density at radius 3 is 2.87 bits per heavy atom. The van der Waals surface area contributed by atoms with Crippen molar-refractivity contribution in [2.45, 2.75) is 18.9 Å². The van der Waals surface area contributed by atoms with Crippen LogP contribution in [-0.2, 0) is 0 Å². The molecule has 2 heterocycles. The number of hydrogen-bond acceptors (Lipinski definition) is 4. The number of nitrogen functional groups attached to an aromatic ring is 1. The van der Waals surface area contributed by atoms with Crippen molar-refractivity contribution in [2.24, 2.45) is 0 Å². The summed E-state index contributed by atoms with van der Waals surface area (Å²) in [5.41, 5.74) is 6.45. The van der Waals surface area contributed by atoms with Crippen LogP contribution in [0.2, 0.25) is 5.02 Å². The average Bonchev–Trinajstić information content (AvgIpc) is 2.24. The number of hydrogen-bond donors (Lipinski definition) is 2. The second kappa shape index (κ2) is 4.94. The number of rotatable bonds is 2. The van der Waals surface area contributed by atoms with E-state index in [9.17, 15) is 0 Å². The molecule has 3 N–H and O–H groups in total. The number of aromatic nitrogens is 1. The molecule has 0 aromatic carbocycles. The Balaban J connectivity index is 2.03. The molecule has 0 atom stereocenters. The Morgan fingerprint density at radius 2 is 2.20 bits per heavy atom. The normalized spacial score (nSPS) is 17.7. The molecule has 15 heavy (non-hydrogen) atoms. The van der Waals surface area contributed by atoms with E-state index in [1.807, 2.05) is 11.8 Å². The van der Waals surface area contributed by atoms with Crippen molar-refractivity contribution in [3.63, 3.8) is 0 Å². The maximum atomic E-state index is 5.82. The summed E-state index contributed by atoms with van der Waals surface area (Å²) in [6, 6.07) is 2.23. The highest BCUT2D eigenvalue weighted by molar-refractivity contribution is 7.99. The van der Waals surface area contributed by atoms with Crippen LogP contribution in [0.5, 0.6) is 0 Å². The summed E-state index contributed by atoms with van der Waals surface area (Å²) < 4.78 is 0. The smallest absolute Gasteiger partial charge is 0.149 e. The van der Waals surface area contributed by atoms with Crippen LogP contribution in [0.15, 0.2) is 12.3 Å². The molecule has 3 nitrogen and oxygen atoms in total. The minimum Gasteiger partial charge on any atom is -0.396 e. The third-order valence-corrected chi connectivity index (χ3v) is 3.70. The van der Waals surface area contributed by atoms with Gasteiger partial charge in [-0.3, -0.25) is 0 Å². The molecule has 82 valence electrons. The van der Waals surface area contributed by atoms with E-state index < -0.39 is 0 Å². The first-order chi connectivity index (χ1) is 7.25. The van der Waals surface area contributed by atoms with Crippen molar-refractivity contribution in [3.8, 4) is 0 Å². The quantitative estimate of drug-likeness (QED) is 0.839. The lowest BCUT2D eigenvalue weighted by atomic mass is 10.1. The lowest BCUT2D eigenvalue weighted by molar-refractivity contribution is 0.664. The molecule has 0 aliphatic carbocycles. The number of thioether (sulfide) groups is 1. The Labute approximate surface area is 98.8 Å². The SMILES string of the molecule is Nc1cc(Cl)cnc1NC1CCSCC1. The van der Waals surface area contributed by atoms with E-state index in [1.165, 1.54) is 24.3 Å². The second-order valence-corrected chi connectivity index (χ2v) is 5.28. The van der Waals surface area contributed by atoms with Crippen LogP contribution in [0.3, 0.4) is 0 Å². The predicted molar refractivity (Wildman–Crippen MR) is 67.6 cm³/mol. The second-order valence-electron chi connectivity index (χ2n) is 3.62. The monoisotopic (exact) mass is 243 g/mol. The summed E-state index contributed by atoms with van der Waals surface area (Å²) in [7, 11) is 0. The van der Waals surface area contributed by atoms with E-state index in [2.05, 4.69) is 10.3 Å². The zero-order valence-electron chi connectivity index (χ0n) is 8.37. The first-order valence-corrected chi connectivity index (χ1v) is 6.54. The Bertz CT molecular complexity index is 339. The van der Waals surface area contributed by atoms with Crippen LogP contribution in [0.1, 0.15) is 12.8 Å². The molecule has 1 aromatic heterocycles. The Hall–Kier alpha value is -0.610. The highest BCUT2D eigenvalue weighted by atomic mass is 35.5. The third-order valence-electron chi connectivity index (χ3n) is 2.45. The number of anilines is 2. The molecule has 5 heteroatoms. The highest BCUT2D eigenvalue weighted by Crippen LogP contribution is 2.24. The molecule has 1 aliphatic heterocycles. The van der Waals surface area contributed by atoms with E-state index in [0.717, 1.165) is 5.82 Å². The van der Waals surface area contributed by atoms with Gasteiger partial charge in [-0.05, 0) is 30.4 Å². The van der Waals surface area contributed by atoms with Crippen LogP contribution in [0, 0.1) is 0 Å². The summed E-state index contributed by atoms with van der Waals surface area (Å²) in [6.07, 6.45) is 3.97. The minimum atomic E-state index is 0.502. The van der Waals surface area contributed by atoms with Gasteiger partial charge >= 0.3 is 0 Å². The van der Waals surface area contributed by atoms with Crippen molar-refractivity contribution < 1.29 is 0 Å². The summed E-state index contributed by atoms with van der Waals surface area (Å²) >= 11 is 7.79. The maximum Gasteiger partial charge on any atom is 0.149 e.